The van der Waals surface area contributed by atoms with Crippen molar-refractivity contribution in [2.75, 3.05) is 11.9 Å². The van der Waals surface area contributed by atoms with Crippen LogP contribution in [0.5, 0.6) is 0 Å². The molecule has 0 aromatic carbocycles. The summed E-state index contributed by atoms with van der Waals surface area (Å²) in [4.78, 5) is 41.7. The molecule has 0 bridgehead atoms. The summed E-state index contributed by atoms with van der Waals surface area (Å²) in [7, 11) is -6.95. The van der Waals surface area contributed by atoms with E-state index in [-0.39, 0.29) is 11.3 Å². The summed E-state index contributed by atoms with van der Waals surface area (Å²) in [6.07, 6.45) is 1.07. The molecule has 0 fully saturated rings. The largest absolute Gasteiger partial charge is 0.326 e. The molecule has 0 aliphatic carbocycles. The van der Waals surface area contributed by atoms with Gasteiger partial charge in [0.05, 0.1) is 0 Å². The van der Waals surface area contributed by atoms with E-state index in [2.05, 4.69) is 0 Å². The van der Waals surface area contributed by atoms with E-state index < -0.39 is 15.9 Å². The molecule has 0 aliphatic rings. The van der Waals surface area contributed by atoms with Crippen LogP contribution in [-0.4, -0.2) is 36.6 Å². The Morgan fingerprint density at radius 1 is 1.31 bits per heavy atom. The molecule has 0 atom stereocenters. The summed E-state index contributed by atoms with van der Waals surface area (Å²) < 4.78 is 19.1. The van der Waals surface area contributed by atoms with Crippen molar-refractivity contribution in [3.63, 3.8) is 0 Å². The molecular weight excluding hydrogens is 278 g/mol. The molecule has 0 amide bonds. The lowest BCUT2D eigenvalue weighted by molar-refractivity contribution is -0.109. The van der Waals surface area contributed by atoms with Crippen LogP contribution >= 0.6 is 27.6 Å². The Balaban J connectivity index is 0. The van der Waals surface area contributed by atoms with Crippen molar-refractivity contribution in [3.05, 3.63) is 0 Å². The van der Waals surface area contributed by atoms with Gasteiger partial charge in [-0.3, -0.25) is 13.9 Å². The second-order valence-electron chi connectivity index (χ2n) is 2.72. The lowest BCUT2D eigenvalue weighted by Gasteiger charge is -2.01. The van der Waals surface area contributed by atoms with Crippen LogP contribution in [0.2, 0.25) is 0 Å². The second kappa shape index (κ2) is 10.5. The molecule has 0 saturated heterocycles. The maximum absolute atomic E-state index is 10.4. The smallest absolute Gasteiger partial charge is 0.325 e. The number of rotatable bonds is 5. The number of hydrogen-bond acceptors (Lipinski definition) is 4. The Bertz CT molecular complexity index is 260. The van der Waals surface area contributed by atoms with Gasteiger partial charge in [-0.25, -0.2) is 0 Å². The highest BCUT2D eigenvalue weighted by Crippen LogP contribution is 2.35. The predicted molar refractivity (Wildman–Crippen MR) is 62.7 cm³/mol. The van der Waals surface area contributed by atoms with Crippen LogP contribution in [0.4, 0.5) is 0 Å². The van der Waals surface area contributed by atoms with E-state index in [4.69, 9.17) is 24.1 Å². The van der Waals surface area contributed by atoms with Gasteiger partial charge in [-0.2, -0.15) is 0 Å². The Labute approximate surface area is 98.4 Å². The van der Waals surface area contributed by atoms with Crippen molar-refractivity contribution >= 4 is 32.7 Å². The van der Waals surface area contributed by atoms with Gasteiger partial charge in [0.25, 0.3) is 0 Å². The van der Waals surface area contributed by atoms with E-state index in [9.17, 15) is 9.36 Å². The quantitative estimate of drug-likeness (QED) is 0.427. The molecule has 10 heteroatoms. The van der Waals surface area contributed by atoms with Gasteiger partial charge >= 0.3 is 15.9 Å². The second-order valence-corrected chi connectivity index (χ2v) is 6.33. The SMILES string of the molecule is CC(=O)SCCCCP(=O)(O)O.O=[PH](O)O. The molecule has 0 aliphatic heterocycles. The maximum atomic E-state index is 10.4. The zero-order chi connectivity index (χ0) is 13.2. The molecule has 0 radical (unpaired) electrons. The first-order valence-electron chi connectivity index (χ1n) is 4.25. The third-order valence-electron chi connectivity index (χ3n) is 1.15. The third kappa shape index (κ3) is 29.2. The molecule has 0 rings (SSSR count). The Kier molecular flexibility index (Phi) is 12.2. The van der Waals surface area contributed by atoms with E-state index >= 15 is 0 Å². The van der Waals surface area contributed by atoms with E-state index in [1.807, 2.05) is 0 Å². The van der Waals surface area contributed by atoms with Crippen LogP contribution < -0.4 is 0 Å². The Morgan fingerprint density at radius 3 is 2.06 bits per heavy atom. The van der Waals surface area contributed by atoms with Crippen LogP contribution in [0.3, 0.4) is 0 Å². The minimum absolute atomic E-state index is 0.0474. The Hall–Kier alpha value is 0.320. The average Bonchev–Trinajstić information content (AvgIpc) is 1.99. The van der Waals surface area contributed by atoms with Gasteiger partial charge in [0, 0.05) is 18.8 Å². The molecule has 16 heavy (non-hydrogen) atoms. The molecule has 98 valence electrons. The fourth-order valence-corrected chi connectivity index (χ4v) is 1.91. The molecular formula is C6H16O7P2S. The lowest BCUT2D eigenvalue weighted by Crippen LogP contribution is -1.91. The Morgan fingerprint density at radius 2 is 1.75 bits per heavy atom. The predicted octanol–water partition coefficient (Wildman–Crippen LogP) is 0.585. The first-order valence-corrected chi connectivity index (χ1v) is 8.33. The van der Waals surface area contributed by atoms with Crippen molar-refractivity contribution in [1.29, 1.82) is 0 Å². The first-order chi connectivity index (χ1) is 7.15. The summed E-state index contributed by atoms with van der Waals surface area (Å²) in [5.74, 6) is 0.648. The van der Waals surface area contributed by atoms with Crippen molar-refractivity contribution in [3.8, 4) is 0 Å². The van der Waals surface area contributed by atoms with Gasteiger partial charge in [0.2, 0.25) is 0 Å². The van der Waals surface area contributed by atoms with Crippen molar-refractivity contribution in [1.82, 2.24) is 0 Å². The van der Waals surface area contributed by atoms with Gasteiger partial charge in [-0.05, 0) is 12.8 Å². The first kappa shape index (κ1) is 18.7. The van der Waals surface area contributed by atoms with E-state index in [0.29, 0.717) is 18.6 Å². The lowest BCUT2D eigenvalue weighted by atomic mass is 10.4. The van der Waals surface area contributed by atoms with Gasteiger partial charge < -0.3 is 19.6 Å². The van der Waals surface area contributed by atoms with Crippen LogP contribution in [0.1, 0.15) is 19.8 Å². The monoisotopic (exact) mass is 294 g/mol. The molecule has 0 spiro atoms. The van der Waals surface area contributed by atoms with Gasteiger partial charge in [-0.1, -0.05) is 11.8 Å². The summed E-state index contributed by atoms with van der Waals surface area (Å²) in [5, 5.41) is 0.0474. The summed E-state index contributed by atoms with van der Waals surface area (Å²) in [5.41, 5.74) is 0. The van der Waals surface area contributed by atoms with Gasteiger partial charge in [0.1, 0.15) is 0 Å². The minimum Gasteiger partial charge on any atom is -0.326 e. The van der Waals surface area contributed by atoms with Crippen molar-refractivity contribution in [2.45, 2.75) is 19.8 Å². The highest BCUT2D eigenvalue weighted by Gasteiger charge is 2.11. The fraction of sp³-hybridized carbons (Fsp3) is 0.833. The zero-order valence-corrected chi connectivity index (χ0v) is 11.4. The number of unbranched alkanes of at least 4 members (excludes halogenated alkanes) is 1. The molecule has 4 N–H and O–H groups in total. The fourth-order valence-electron chi connectivity index (χ4n) is 0.636. The number of carbonyl (C=O) groups excluding carboxylic acids is 1. The normalized spacial score (nSPS) is 10.9. The average molecular weight is 294 g/mol. The number of carbonyl (C=O) groups is 1. The van der Waals surface area contributed by atoms with Crippen LogP contribution in [0, 0.1) is 0 Å². The topological polar surface area (TPSA) is 132 Å². The van der Waals surface area contributed by atoms with Gasteiger partial charge in [0.15, 0.2) is 5.12 Å². The molecule has 0 heterocycles. The van der Waals surface area contributed by atoms with Crippen molar-refractivity contribution in [2.24, 2.45) is 0 Å². The molecule has 0 aromatic heterocycles. The van der Waals surface area contributed by atoms with Crippen LogP contribution in [0.15, 0.2) is 0 Å². The zero-order valence-electron chi connectivity index (χ0n) is 8.70. The van der Waals surface area contributed by atoms with Crippen LogP contribution in [-0.2, 0) is 13.9 Å². The molecule has 7 nitrogen and oxygen atoms in total. The molecule has 0 saturated carbocycles. The highest BCUT2D eigenvalue weighted by molar-refractivity contribution is 8.13. The summed E-state index contributed by atoms with van der Waals surface area (Å²) in [6.45, 7) is 1.48. The number of hydrogen-bond donors (Lipinski definition) is 4. The minimum atomic E-state index is -3.82. The standard InChI is InChI=1S/C6H13O4PS.H3O3P/c1-6(7)12-5-3-2-4-11(8,9)10;1-4(2)3/h2-5H2,1H3,(H2,8,9,10);4H,(H2,1,2,3). The molecule has 0 aromatic rings. The number of thioether (sulfide) groups is 1. The van der Waals surface area contributed by atoms with E-state index in [1.165, 1.54) is 18.7 Å². The summed E-state index contributed by atoms with van der Waals surface area (Å²) in [6, 6.07) is 0. The molecule has 0 unspecified atom stereocenters. The van der Waals surface area contributed by atoms with Gasteiger partial charge in [-0.15, -0.1) is 0 Å². The van der Waals surface area contributed by atoms with E-state index in [0.717, 1.165) is 0 Å². The van der Waals surface area contributed by atoms with Crippen LogP contribution in [0.25, 0.3) is 0 Å². The highest BCUT2D eigenvalue weighted by atomic mass is 32.2. The summed E-state index contributed by atoms with van der Waals surface area (Å²) >= 11 is 1.19. The maximum Gasteiger partial charge on any atom is 0.325 e. The van der Waals surface area contributed by atoms with Crippen molar-refractivity contribution < 1.29 is 33.5 Å². The third-order valence-corrected chi connectivity index (χ3v) is 2.95. The van der Waals surface area contributed by atoms with E-state index in [1.54, 1.807) is 0 Å².